The molecule has 2 saturated heterocycles. The van der Waals surface area contributed by atoms with Crippen LogP contribution in [0.3, 0.4) is 0 Å². The Labute approximate surface area is 198 Å². The van der Waals surface area contributed by atoms with Gasteiger partial charge in [-0.3, -0.25) is 19.4 Å². The number of morpholine rings is 1. The Hall–Kier alpha value is -2.95. The Morgan fingerprint density at radius 2 is 1.68 bits per heavy atom. The number of anilines is 1. The fourth-order valence-corrected chi connectivity index (χ4v) is 4.38. The highest BCUT2D eigenvalue weighted by Gasteiger charge is 2.28. The number of piperazine rings is 1. The maximum atomic E-state index is 14.2. The molecule has 9 nitrogen and oxygen atoms in total. The average Bonchev–Trinajstić information content (AvgIpc) is 3.40. The van der Waals surface area contributed by atoms with E-state index in [4.69, 9.17) is 9.15 Å². The maximum absolute atomic E-state index is 14.2. The number of para-hydroxylation sites is 1. The molecule has 0 spiro atoms. The van der Waals surface area contributed by atoms with Crippen LogP contribution in [0, 0.1) is 5.82 Å². The van der Waals surface area contributed by atoms with Crippen molar-refractivity contribution in [2.75, 3.05) is 77.0 Å². The van der Waals surface area contributed by atoms with Crippen molar-refractivity contribution in [3.8, 4) is 0 Å². The van der Waals surface area contributed by atoms with Gasteiger partial charge in [0.05, 0.1) is 31.2 Å². The monoisotopic (exact) mass is 473 g/mol. The molecule has 1 aromatic carbocycles. The number of hydrogen-bond acceptors (Lipinski definition) is 7. The number of halogens is 1. The van der Waals surface area contributed by atoms with Gasteiger partial charge < -0.3 is 24.7 Å². The van der Waals surface area contributed by atoms with Crippen LogP contribution in [0.2, 0.25) is 0 Å². The summed E-state index contributed by atoms with van der Waals surface area (Å²) in [5.74, 6) is -0.822. The normalized spacial score (nSPS) is 18.4. The molecule has 0 unspecified atom stereocenters. The zero-order chi connectivity index (χ0) is 23.8. The number of furan rings is 1. The van der Waals surface area contributed by atoms with Gasteiger partial charge in [0.15, 0.2) is 0 Å². The van der Waals surface area contributed by atoms with E-state index in [1.807, 2.05) is 17.0 Å². The first-order valence-electron chi connectivity index (χ1n) is 11.7. The molecule has 2 aliphatic rings. The second-order valence-corrected chi connectivity index (χ2v) is 8.43. The maximum Gasteiger partial charge on any atom is 0.309 e. The molecular formula is C24H32FN5O4. The summed E-state index contributed by atoms with van der Waals surface area (Å²) in [5.41, 5.74) is 0.596. The number of nitrogens with zero attached hydrogens (tertiary/aromatic N) is 3. The van der Waals surface area contributed by atoms with Gasteiger partial charge in [-0.25, -0.2) is 4.39 Å². The number of amides is 2. The molecule has 10 heteroatoms. The van der Waals surface area contributed by atoms with Gasteiger partial charge in [0.2, 0.25) is 0 Å². The fourth-order valence-electron chi connectivity index (χ4n) is 4.38. The van der Waals surface area contributed by atoms with Gasteiger partial charge in [-0.15, -0.1) is 0 Å². The minimum absolute atomic E-state index is 0.220. The van der Waals surface area contributed by atoms with Gasteiger partial charge in [-0.2, -0.15) is 0 Å². The Morgan fingerprint density at radius 3 is 2.38 bits per heavy atom. The molecule has 1 atom stereocenters. The average molecular weight is 474 g/mol. The molecule has 0 aliphatic carbocycles. The Kier molecular flexibility index (Phi) is 8.51. The van der Waals surface area contributed by atoms with Gasteiger partial charge in [0.1, 0.15) is 11.6 Å². The lowest BCUT2D eigenvalue weighted by Gasteiger charge is -2.39. The van der Waals surface area contributed by atoms with Crippen LogP contribution in [0.25, 0.3) is 0 Å². The molecular weight excluding hydrogens is 441 g/mol. The van der Waals surface area contributed by atoms with Gasteiger partial charge in [0, 0.05) is 58.9 Å². The highest BCUT2D eigenvalue weighted by molar-refractivity contribution is 6.35. The summed E-state index contributed by atoms with van der Waals surface area (Å²) in [5, 5.41) is 5.43. The lowest BCUT2D eigenvalue weighted by atomic mass is 10.1. The molecule has 0 radical (unpaired) electrons. The summed E-state index contributed by atoms with van der Waals surface area (Å²) in [6.45, 7) is 7.01. The number of ether oxygens (including phenoxy) is 1. The zero-order valence-electron chi connectivity index (χ0n) is 19.2. The molecule has 1 aromatic heterocycles. The van der Waals surface area contributed by atoms with Gasteiger partial charge in [-0.1, -0.05) is 12.1 Å². The smallest absolute Gasteiger partial charge is 0.309 e. The lowest BCUT2D eigenvalue weighted by molar-refractivity contribution is -0.139. The Bertz CT molecular complexity index is 927. The van der Waals surface area contributed by atoms with E-state index in [1.165, 1.54) is 6.07 Å². The Morgan fingerprint density at radius 1 is 0.941 bits per heavy atom. The standard InChI is InChI=1S/C24H32FN5O4/c25-19-4-1-2-5-20(19)29-9-11-30(12-10-29)21(22-6-3-15-34-22)18-27-24(32)23(31)26-7-8-28-13-16-33-17-14-28/h1-6,15,21H,7-14,16-18H2,(H,26,31)(H,27,32)/t21-/m0/s1. The minimum Gasteiger partial charge on any atom is -0.468 e. The van der Waals surface area contributed by atoms with Crippen LogP contribution in [0.1, 0.15) is 11.8 Å². The van der Waals surface area contributed by atoms with E-state index in [0.717, 1.165) is 13.1 Å². The molecule has 34 heavy (non-hydrogen) atoms. The predicted octanol–water partition coefficient (Wildman–Crippen LogP) is 0.847. The van der Waals surface area contributed by atoms with E-state index in [2.05, 4.69) is 20.4 Å². The van der Waals surface area contributed by atoms with Crippen molar-refractivity contribution < 1.29 is 23.1 Å². The van der Waals surface area contributed by atoms with Crippen molar-refractivity contribution in [3.63, 3.8) is 0 Å². The zero-order valence-corrected chi connectivity index (χ0v) is 19.2. The molecule has 0 bridgehead atoms. The number of benzene rings is 1. The van der Waals surface area contributed by atoms with E-state index >= 15 is 0 Å². The van der Waals surface area contributed by atoms with Crippen molar-refractivity contribution in [1.82, 2.24) is 20.4 Å². The van der Waals surface area contributed by atoms with E-state index < -0.39 is 11.8 Å². The highest BCUT2D eigenvalue weighted by atomic mass is 19.1. The SMILES string of the molecule is O=C(NCCN1CCOCC1)C(=O)NC[C@@H](c1ccco1)N1CCN(c2ccccc2F)CC1. The minimum atomic E-state index is -0.663. The molecule has 2 amide bonds. The van der Waals surface area contributed by atoms with Crippen molar-refractivity contribution >= 4 is 17.5 Å². The first kappa shape index (κ1) is 24.2. The van der Waals surface area contributed by atoms with Crippen LogP contribution in [-0.4, -0.2) is 93.7 Å². The quantitative estimate of drug-likeness (QED) is 0.550. The number of nitrogens with one attached hydrogen (secondary N) is 2. The van der Waals surface area contributed by atoms with Gasteiger partial charge in [-0.05, 0) is 24.3 Å². The van der Waals surface area contributed by atoms with Crippen LogP contribution < -0.4 is 15.5 Å². The number of carbonyl (C=O) groups is 2. The molecule has 4 rings (SSSR count). The van der Waals surface area contributed by atoms with Crippen LogP contribution in [0.4, 0.5) is 10.1 Å². The van der Waals surface area contributed by atoms with Crippen molar-refractivity contribution in [2.45, 2.75) is 6.04 Å². The summed E-state index contributed by atoms with van der Waals surface area (Å²) >= 11 is 0. The highest BCUT2D eigenvalue weighted by Crippen LogP contribution is 2.25. The van der Waals surface area contributed by atoms with Crippen molar-refractivity contribution in [3.05, 3.63) is 54.2 Å². The van der Waals surface area contributed by atoms with Gasteiger partial charge in [0.25, 0.3) is 0 Å². The van der Waals surface area contributed by atoms with E-state index in [-0.39, 0.29) is 18.4 Å². The van der Waals surface area contributed by atoms with Crippen LogP contribution >= 0.6 is 0 Å². The molecule has 2 fully saturated rings. The Balaban J connectivity index is 1.27. The first-order valence-corrected chi connectivity index (χ1v) is 11.7. The van der Waals surface area contributed by atoms with Gasteiger partial charge >= 0.3 is 11.8 Å². The molecule has 0 saturated carbocycles. The number of rotatable bonds is 8. The third-order valence-electron chi connectivity index (χ3n) is 6.30. The number of carbonyl (C=O) groups excluding carboxylic acids is 2. The van der Waals surface area contributed by atoms with Crippen LogP contribution in [-0.2, 0) is 14.3 Å². The summed E-state index contributed by atoms with van der Waals surface area (Å²) in [7, 11) is 0. The van der Waals surface area contributed by atoms with E-state index in [9.17, 15) is 14.0 Å². The lowest BCUT2D eigenvalue weighted by Crippen LogP contribution is -2.51. The van der Waals surface area contributed by atoms with E-state index in [0.29, 0.717) is 63.9 Å². The third-order valence-corrected chi connectivity index (χ3v) is 6.30. The second-order valence-electron chi connectivity index (χ2n) is 8.43. The molecule has 2 aromatic rings. The predicted molar refractivity (Wildman–Crippen MR) is 125 cm³/mol. The number of hydrogen-bond donors (Lipinski definition) is 2. The molecule has 184 valence electrons. The topological polar surface area (TPSA) is 90.3 Å². The molecule has 2 aliphatic heterocycles. The molecule has 3 heterocycles. The summed E-state index contributed by atoms with van der Waals surface area (Å²) in [6.07, 6.45) is 1.60. The first-order chi connectivity index (χ1) is 16.6. The van der Waals surface area contributed by atoms with Crippen LogP contribution in [0.5, 0.6) is 0 Å². The summed E-state index contributed by atoms with van der Waals surface area (Å²) in [4.78, 5) is 31.0. The fraction of sp³-hybridized carbons (Fsp3) is 0.500. The molecule has 2 N–H and O–H groups in total. The summed E-state index contributed by atoms with van der Waals surface area (Å²) in [6, 6.07) is 10.2. The van der Waals surface area contributed by atoms with Crippen LogP contribution in [0.15, 0.2) is 47.1 Å². The third kappa shape index (κ3) is 6.34. The van der Waals surface area contributed by atoms with Crippen molar-refractivity contribution in [1.29, 1.82) is 0 Å². The second kappa shape index (κ2) is 12.0. The van der Waals surface area contributed by atoms with Crippen molar-refractivity contribution in [2.24, 2.45) is 0 Å². The van der Waals surface area contributed by atoms with E-state index in [1.54, 1.807) is 24.5 Å². The largest absolute Gasteiger partial charge is 0.468 e. The summed E-state index contributed by atoms with van der Waals surface area (Å²) < 4.78 is 25.1.